The number of nitrogens with one attached hydrogen (secondary N) is 1. The fourth-order valence-electron chi connectivity index (χ4n) is 1.80. The summed E-state index contributed by atoms with van der Waals surface area (Å²) in [4.78, 5) is 10.3. The fourth-order valence-corrected chi connectivity index (χ4v) is 1.80. The van der Waals surface area contributed by atoms with Gasteiger partial charge in [0, 0.05) is 19.7 Å². The summed E-state index contributed by atoms with van der Waals surface area (Å²) in [5.74, 6) is 6.77. The van der Waals surface area contributed by atoms with E-state index in [9.17, 15) is 0 Å². The van der Waals surface area contributed by atoms with Crippen LogP contribution in [0, 0.1) is 6.92 Å². The second kappa shape index (κ2) is 5.46. The van der Waals surface area contributed by atoms with Gasteiger partial charge in [-0.1, -0.05) is 29.8 Å². The minimum Gasteiger partial charge on any atom is -0.355 e. The number of benzene rings is 1. The first-order chi connectivity index (χ1) is 8.69. The maximum absolute atomic E-state index is 5.33. The van der Waals surface area contributed by atoms with Gasteiger partial charge in [0.2, 0.25) is 0 Å². The van der Waals surface area contributed by atoms with Crippen molar-refractivity contribution >= 4 is 11.6 Å². The number of aryl methyl sites for hydroxylation is 1. The first-order valence-electron chi connectivity index (χ1n) is 5.74. The third kappa shape index (κ3) is 2.95. The molecule has 3 N–H and O–H groups in total. The Morgan fingerprint density at radius 1 is 1.28 bits per heavy atom. The molecule has 0 radical (unpaired) electrons. The lowest BCUT2D eigenvalue weighted by Gasteiger charge is -2.18. The molecule has 0 unspecified atom stereocenters. The Morgan fingerprint density at radius 2 is 2.11 bits per heavy atom. The second-order valence-corrected chi connectivity index (χ2v) is 4.25. The van der Waals surface area contributed by atoms with E-state index in [0.717, 1.165) is 12.4 Å². The monoisotopic (exact) mass is 243 g/mol. The molecule has 1 heterocycles. The highest BCUT2D eigenvalue weighted by atomic mass is 15.3. The summed E-state index contributed by atoms with van der Waals surface area (Å²) in [6.07, 6.45) is 1.50. The van der Waals surface area contributed by atoms with Gasteiger partial charge >= 0.3 is 0 Å². The summed E-state index contributed by atoms with van der Waals surface area (Å²) in [5, 5.41) is 0. The van der Waals surface area contributed by atoms with Crippen LogP contribution in [0.5, 0.6) is 0 Å². The van der Waals surface area contributed by atoms with Gasteiger partial charge in [-0.25, -0.2) is 15.8 Å². The SMILES string of the molecule is Cc1cccc(CN(C)c2cc(NN)ncn2)c1. The highest BCUT2D eigenvalue weighted by Gasteiger charge is 2.05. The van der Waals surface area contributed by atoms with E-state index >= 15 is 0 Å². The van der Waals surface area contributed by atoms with Crippen molar-refractivity contribution in [3.05, 3.63) is 47.8 Å². The maximum atomic E-state index is 5.33. The van der Waals surface area contributed by atoms with E-state index in [-0.39, 0.29) is 0 Å². The van der Waals surface area contributed by atoms with E-state index in [1.54, 1.807) is 0 Å². The molecule has 5 nitrogen and oxygen atoms in total. The van der Waals surface area contributed by atoms with Crippen molar-refractivity contribution < 1.29 is 0 Å². The van der Waals surface area contributed by atoms with Crippen LogP contribution in [0.1, 0.15) is 11.1 Å². The summed E-state index contributed by atoms with van der Waals surface area (Å²) in [6, 6.07) is 10.2. The Labute approximate surface area is 107 Å². The summed E-state index contributed by atoms with van der Waals surface area (Å²) >= 11 is 0. The molecule has 0 atom stereocenters. The Hall–Kier alpha value is -2.14. The molecule has 0 saturated heterocycles. The fraction of sp³-hybridized carbons (Fsp3) is 0.231. The Kier molecular flexibility index (Phi) is 3.74. The normalized spacial score (nSPS) is 10.2. The molecule has 0 fully saturated rings. The first-order valence-corrected chi connectivity index (χ1v) is 5.74. The van der Waals surface area contributed by atoms with Crippen LogP contribution in [0.2, 0.25) is 0 Å². The van der Waals surface area contributed by atoms with E-state index in [1.807, 2.05) is 13.1 Å². The van der Waals surface area contributed by atoms with Crippen molar-refractivity contribution in [3.63, 3.8) is 0 Å². The van der Waals surface area contributed by atoms with Crippen molar-refractivity contribution in [2.24, 2.45) is 5.84 Å². The van der Waals surface area contributed by atoms with Crippen LogP contribution in [0.15, 0.2) is 36.7 Å². The van der Waals surface area contributed by atoms with Gasteiger partial charge in [0.25, 0.3) is 0 Å². The lowest BCUT2D eigenvalue weighted by Crippen LogP contribution is -2.18. The van der Waals surface area contributed by atoms with Crippen LogP contribution in [-0.2, 0) is 6.54 Å². The van der Waals surface area contributed by atoms with Gasteiger partial charge in [0.1, 0.15) is 18.0 Å². The largest absolute Gasteiger partial charge is 0.355 e. The predicted octanol–water partition coefficient (Wildman–Crippen LogP) is 1.71. The number of nitrogen functional groups attached to an aromatic ring is 1. The van der Waals surface area contributed by atoms with Gasteiger partial charge in [-0.2, -0.15) is 0 Å². The van der Waals surface area contributed by atoms with Crippen molar-refractivity contribution in [2.75, 3.05) is 17.4 Å². The molecule has 0 amide bonds. The molecule has 2 rings (SSSR count). The number of hydrazine groups is 1. The minimum absolute atomic E-state index is 0.607. The van der Waals surface area contributed by atoms with Crippen LogP contribution in [0.25, 0.3) is 0 Å². The third-order valence-corrected chi connectivity index (χ3v) is 2.69. The molecule has 1 aromatic heterocycles. The molecular formula is C13H17N5. The number of hydrogen-bond acceptors (Lipinski definition) is 5. The summed E-state index contributed by atoms with van der Waals surface area (Å²) in [6.45, 7) is 2.88. The molecule has 0 aliphatic carbocycles. The van der Waals surface area contributed by atoms with E-state index in [2.05, 4.69) is 51.5 Å². The molecule has 94 valence electrons. The van der Waals surface area contributed by atoms with Gasteiger partial charge < -0.3 is 10.3 Å². The highest BCUT2D eigenvalue weighted by Crippen LogP contribution is 2.15. The molecule has 0 spiro atoms. The average Bonchev–Trinajstić information content (AvgIpc) is 2.39. The van der Waals surface area contributed by atoms with Crippen molar-refractivity contribution in [2.45, 2.75) is 13.5 Å². The van der Waals surface area contributed by atoms with Gasteiger partial charge in [0.05, 0.1) is 0 Å². The predicted molar refractivity (Wildman–Crippen MR) is 73.1 cm³/mol. The maximum Gasteiger partial charge on any atom is 0.145 e. The quantitative estimate of drug-likeness (QED) is 0.632. The van der Waals surface area contributed by atoms with Crippen molar-refractivity contribution in [3.8, 4) is 0 Å². The number of hydrogen-bond donors (Lipinski definition) is 2. The van der Waals surface area contributed by atoms with Crippen LogP contribution < -0.4 is 16.2 Å². The Morgan fingerprint density at radius 3 is 2.83 bits per heavy atom. The second-order valence-electron chi connectivity index (χ2n) is 4.25. The van der Waals surface area contributed by atoms with Gasteiger partial charge in [0.15, 0.2) is 0 Å². The summed E-state index contributed by atoms with van der Waals surface area (Å²) < 4.78 is 0. The molecular weight excluding hydrogens is 226 g/mol. The number of nitrogens with zero attached hydrogens (tertiary/aromatic N) is 3. The van der Waals surface area contributed by atoms with Crippen LogP contribution >= 0.6 is 0 Å². The zero-order chi connectivity index (χ0) is 13.0. The van der Waals surface area contributed by atoms with Crippen molar-refractivity contribution in [1.29, 1.82) is 0 Å². The highest BCUT2D eigenvalue weighted by molar-refractivity contribution is 5.47. The van der Waals surface area contributed by atoms with Gasteiger partial charge in [-0.05, 0) is 12.5 Å². The van der Waals surface area contributed by atoms with Crippen LogP contribution in [0.3, 0.4) is 0 Å². The van der Waals surface area contributed by atoms with Gasteiger partial charge in [-0.15, -0.1) is 0 Å². The number of nitrogens with two attached hydrogens (primary N) is 1. The number of aromatic nitrogens is 2. The zero-order valence-corrected chi connectivity index (χ0v) is 10.6. The standard InChI is InChI=1S/C13H17N5/c1-10-4-3-5-11(6-10)8-18(2)13-7-12(17-14)15-9-16-13/h3-7,9H,8,14H2,1-2H3,(H,15,16,17). The van der Waals surface area contributed by atoms with Crippen molar-refractivity contribution in [1.82, 2.24) is 9.97 Å². The number of rotatable bonds is 4. The molecule has 5 heteroatoms. The Bertz CT molecular complexity index is 526. The zero-order valence-electron chi connectivity index (χ0n) is 10.6. The van der Waals surface area contributed by atoms with E-state index in [1.165, 1.54) is 17.5 Å². The molecule has 0 aliphatic rings. The summed E-state index contributed by atoms with van der Waals surface area (Å²) in [7, 11) is 1.99. The molecule has 18 heavy (non-hydrogen) atoms. The van der Waals surface area contributed by atoms with E-state index in [0.29, 0.717) is 5.82 Å². The van der Waals surface area contributed by atoms with E-state index < -0.39 is 0 Å². The van der Waals surface area contributed by atoms with E-state index in [4.69, 9.17) is 5.84 Å². The minimum atomic E-state index is 0.607. The Balaban J connectivity index is 2.13. The van der Waals surface area contributed by atoms with Crippen LogP contribution in [0.4, 0.5) is 11.6 Å². The lowest BCUT2D eigenvalue weighted by molar-refractivity contribution is 0.890. The van der Waals surface area contributed by atoms with Gasteiger partial charge in [-0.3, -0.25) is 0 Å². The first kappa shape index (κ1) is 12.3. The molecule has 0 bridgehead atoms. The lowest BCUT2D eigenvalue weighted by atomic mass is 10.1. The van der Waals surface area contributed by atoms with Crippen LogP contribution in [-0.4, -0.2) is 17.0 Å². The molecule has 0 aliphatic heterocycles. The molecule has 2 aromatic rings. The number of anilines is 2. The smallest absolute Gasteiger partial charge is 0.145 e. The summed E-state index contributed by atoms with van der Waals surface area (Å²) in [5.41, 5.74) is 5.02. The molecule has 1 aromatic carbocycles. The average molecular weight is 243 g/mol. The molecule has 0 saturated carbocycles. The topological polar surface area (TPSA) is 67.1 Å². The third-order valence-electron chi connectivity index (χ3n) is 2.69.